The van der Waals surface area contributed by atoms with Crippen molar-refractivity contribution in [2.75, 3.05) is 29.5 Å². The van der Waals surface area contributed by atoms with Crippen LogP contribution in [0.1, 0.15) is 47.6 Å². The molecule has 9 heteroatoms. The van der Waals surface area contributed by atoms with Gasteiger partial charge >= 0.3 is 0 Å². The molecule has 2 aromatic heterocycles. The van der Waals surface area contributed by atoms with Gasteiger partial charge < -0.3 is 10.2 Å². The summed E-state index contributed by atoms with van der Waals surface area (Å²) in [5.74, 6) is 0.527. The minimum Gasteiger partial charge on any atom is -0.356 e. The van der Waals surface area contributed by atoms with Gasteiger partial charge in [-0.15, -0.1) is 0 Å². The highest BCUT2D eigenvalue weighted by Crippen LogP contribution is 2.34. The predicted octanol–water partition coefficient (Wildman–Crippen LogP) is 2.94. The number of nitrogens with zero attached hydrogens (tertiary/aromatic N) is 4. The first kappa shape index (κ1) is 21.9. The summed E-state index contributed by atoms with van der Waals surface area (Å²) in [5, 5.41) is 3.83. The second-order valence-electron chi connectivity index (χ2n) is 9.07. The predicted molar refractivity (Wildman–Crippen MR) is 129 cm³/mol. The van der Waals surface area contributed by atoms with E-state index in [1.807, 2.05) is 30.3 Å². The molecule has 2 saturated heterocycles. The van der Waals surface area contributed by atoms with Crippen LogP contribution in [0.15, 0.2) is 30.3 Å². The Kier molecular flexibility index (Phi) is 5.60. The quantitative estimate of drug-likeness (QED) is 0.634. The van der Waals surface area contributed by atoms with E-state index in [0.717, 1.165) is 54.1 Å². The van der Waals surface area contributed by atoms with E-state index in [1.165, 1.54) is 6.42 Å². The van der Waals surface area contributed by atoms with E-state index in [2.05, 4.69) is 28.6 Å². The molecule has 0 spiro atoms. The molecule has 0 saturated carbocycles. The number of carbonyl (C=O) groups is 1. The van der Waals surface area contributed by atoms with Gasteiger partial charge in [0.25, 0.3) is 5.91 Å². The molecule has 33 heavy (non-hydrogen) atoms. The smallest absolute Gasteiger partial charge is 0.289 e. The van der Waals surface area contributed by atoms with Gasteiger partial charge in [0.05, 0.1) is 16.9 Å². The van der Waals surface area contributed by atoms with Crippen molar-refractivity contribution in [3.63, 3.8) is 0 Å². The van der Waals surface area contributed by atoms with Gasteiger partial charge in [0.1, 0.15) is 5.82 Å². The molecule has 0 aliphatic carbocycles. The minimum atomic E-state index is -3.10. The van der Waals surface area contributed by atoms with Gasteiger partial charge in [0, 0.05) is 30.5 Å². The van der Waals surface area contributed by atoms with Gasteiger partial charge in [-0.05, 0) is 57.2 Å². The monoisotopic (exact) mass is 467 g/mol. The van der Waals surface area contributed by atoms with E-state index in [-0.39, 0.29) is 17.3 Å². The Balaban J connectivity index is 1.64. The Hall–Kier alpha value is -2.94. The van der Waals surface area contributed by atoms with E-state index in [0.29, 0.717) is 12.1 Å². The maximum Gasteiger partial charge on any atom is 0.289 e. The Labute approximate surface area is 193 Å². The van der Waals surface area contributed by atoms with E-state index >= 15 is 0 Å². The van der Waals surface area contributed by atoms with Gasteiger partial charge in [-0.3, -0.25) is 9.36 Å². The summed E-state index contributed by atoms with van der Waals surface area (Å²) in [6, 6.07) is 9.59. The summed E-state index contributed by atoms with van der Waals surface area (Å²) < 4.78 is 25.8. The zero-order valence-corrected chi connectivity index (χ0v) is 19.9. The molecule has 0 radical (unpaired) electrons. The molecule has 5 rings (SSSR count). The van der Waals surface area contributed by atoms with Crippen LogP contribution in [0.3, 0.4) is 0 Å². The number of aryl methyl sites for hydroxylation is 1. The Morgan fingerprint density at radius 2 is 1.79 bits per heavy atom. The molecule has 1 atom stereocenters. The minimum absolute atomic E-state index is 0.0292. The second-order valence-corrected chi connectivity index (χ2v) is 11.3. The molecule has 4 heterocycles. The first-order valence-corrected chi connectivity index (χ1v) is 13.4. The number of anilines is 1. The number of piperidine rings is 1. The Morgan fingerprint density at radius 1 is 1.06 bits per heavy atom. The summed E-state index contributed by atoms with van der Waals surface area (Å²) in [7, 11) is -3.10. The summed E-state index contributed by atoms with van der Waals surface area (Å²) in [4.78, 5) is 24.9. The highest BCUT2D eigenvalue weighted by atomic mass is 32.2. The van der Waals surface area contributed by atoms with Crippen LogP contribution in [-0.4, -0.2) is 59.5 Å². The first-order chi connectivity index (χ1) is 15.8. The van der Waals surface area contributed by atoms with Crippen molar-refractivity contribution in [2.45, 2.75) is 45.6 Å². The number of rotatable bonds is 4. The lowest BCUT2D eigenvalue weighted by molar-refractivity contribution is 0.0931. The van der Waals surface area contributed by atoms with Crippen molar-refractivity contribution in [2.24, 2.45) is 0 Å². The largest absolute Gasteiger partial charge is 0.356 e. The zero-order valence-electron chi connectivity index (χ0n) is 19.0. The van der Waals surface area contributed by atoms with Crippen LogP contribution in [0.4, 0.5) is 5.82 Å². The normalized spacial score (nSPS) is 20.3. The van der Waals surface area contributed by atoms with Crippen molar-refractivity contribution < 1.29 is 13.2 Å². The van der Waals surface area contributed by atoms with Crippen molar-refractivity contribution in [1.82, 2.24) is 19.9 Å². The van der Waals surface area contributed by atoms with Crippen LogP contribution in [0.25, 0.3) is 16.7 Å². The number of aromatic nitrogens is 3. The number of fused-ring (bicyclic) bond motifs is 1. The second kappa shape index (κ2) is 8.44. The first-order valence-electron chi connectivity index (χ1n) is 11.6. The molecule has 1 aromatic carbocycles. The highest BCUT2D eigenvalue weighted by molar-refractivity contribution is 7.91. The molecule has 8 nitrogen and oxygen atoms in total. The molecule has 1 N–H and O–H groups in total. The molecule has 0 bridgehead atoms. The van der Waals surface area contributed by atoms with Crippen LogP contribution < -0.4 is 10.2 Å². The van der Waals surface area contributed by atoms with Crippen LogP contribution >= 0.6 is 0 Å². The maximum absolute atomic E-state index is 13.2. The third-order valence-electron chi connectivity index (χ3n) is 6.78. The van der Waals surface area contributed by atoms with Crippen LogP contribution in [0, 0.1) is 13.8 Å². The number of amides is 1. The molecule has 1 amide bonds. The number of hydrogen-bond acceptors (Lipinski definition) is 6. The number of hydrogen-bond donors (Lipinski definition) is 1. The summed E-state index contributed by atoms with van der Waals surface area (Å²) in [5.41, 5.74) is 3.84. The number of sulfone groups is 1. The molecular formula is C24H29N5O3S. The zero-order chi connectivity index (χ0) is 23.2. The third kappa shape index (κ3) is 4.10. The topological polar surface area (TPSA) is 97.2 Å². The SMILES string of the molecule is Cc1c(C)n(-c2ccccc2)c2nc(C(=O)N[C@H]3CCS(=O)(=O)C3)nc(N3CCCCC3)c12. The number of nitrogens with one attached hydrogen (secondary N) is 1. The van der Waals surface area contributed by atoms with Gasteiger partial charge in [-0.1, -0.05) is 18.2 Å². The standard InChI is InChI=1S/C24H29N5O3S/c1-16-17(2)29(19-9-5-3-6-10-19)23-20(16)22(28-12-7-4-8-13-28)26-21(27-23)24(30)25-18-11-14-33(31,32)15-18/h3,5-6,9-10,18H,4,7-8,11-15H2,1-2H3,(H,25,30)/t18-/m0/s1. The molecule has 2 fully saturated rings. The van der Waals surface area contributed by atoms with Crippen molar-refractivity contribution in [3.05, 3.63) is 47.4 Å². The van der Waals surface area contributed by atoms with Gasteiger partial charge in [-0.2, -0.15) is 0 Å². The van der Waals surface area contributed by atoms with Gasteiger partial charge in [0.15, 0.2) is 15.5 Å². The van der Waals surface area contributed by atoms with Crippen LogP contribution in [-0.2, 0) is 9.84 Å². The van der Waals surface area contributed by atoms with E-state index < -0.39 is 21.8 Å². The highest BCUT2D eigenvalue weighted by Gasteiger charge is 2.31. The maximum atomic E-state index is 13.2. The molecule has 2 aliphatic heterocycles. The van der Waals surface area contributed by atoms with Gasteiger partial charge in [0.2, 0.25) is 5.82 Å². The number of para-hydroxylation sites is 1. The lowest BCUT2D eigenvalue weighted by atomic mass is 10.1. The fourth-order valence-electron chi connectivity index (χ4n) is 4.93. The summed E-state index contributed by atoms with van der Waals surface area (Å²) in [6.07, 6.45) is 3.79. The average molecular weight is 468 g/mol. The molecule has 2 aliphatic rings. The lowest BCUT2D eigenvalue weighted by Crippen LogP contribution is -2.37. The molecule has 0 unspecified atom stereocenters. The number of carbonyl (C=O) groups excluding carboxylic acids is 1. The fourth-order valence-corrected chi connectivity index (χ4v) is 6.60. The average Bonchev–Trinajstić information content (AvgIpc) is 3.29. The van der Waals surface area contributed by atoms with E-state index in [4.69, 9.17) is 9.97 Å². The van der Waals surface area contributed by atoms with Crippen molar-refractivity contribution >= 4 is 32.6 Å². The van der Waals surface area contributed by atoms with Crippen LogP contribution in [0.2, 0.25) is 0 Å². The van der Waals surface area contributed by atoms with E-state index in [1.54, 1.807) is 0 Å². The van der Waals surface area contributed by atoms with Crippen molar-refractivity contribution in [3.8, 4) is 5.69 Å². The molecular weight excluding hydrogens is 438 g/mol. The fraction of sp³-hybridized carbons (Fsp3) is 0.458. The van der Waals surface area contributed by atoms with Crippen molar-refractivity contribution in [1.29, 1.82) is 0 Å². The third-order valence-corrected chi connectivity index (χ3v) is 8.54. The Morgan fingerprint density at radius 3 is 2.45 bits per heavy atom. The van der Waals surface area contributed by atoms with Crippen LogP contribution in [0.5, 0.6) is 0 Å². The summed E-state index contributed by atoms with van der Waals surface area (Å²) >= 11 is 0. The lowest BCUT2D eigenvalue weighted by Gasteiger charge is -2.28. The molecule has 174 valence electrons. The summed E-state index contributed by atoms with van der Waals surface area (Å²) in [6.45, 7) is 5.93. The Bertz CT molecular complexity index is 1310. The molecule has 3 aromatic rings. The number of benzene rings is 1. The van der Waals surface area contributed by atoms with Gasteiger partial charge in [-0.25, -0.2) is 18.4 Å². The van der Waals surface area contributed by atoms with E-state index in [9.17, 15) is 13.2 Å².